The average molecular weight is 282 g/mol. The van der Waals surface area contributed by atoms with E-state index in [1.54, 1.807) is 12.1 Å². The molecule has 0 saturated heterocycles. The molecule has 2 rings (SSSR count). The van der Waals surface area contributed by atoms with Crippen LogP contribution in [0.25, 0.3) is 0 Å². The van der Waals surface area contributed by atoms with Crippen molar-refractivity contribution in [3.05, 3.63) is 28.8 Å². The van der Waals surface area contributed by atoms with E-state index >= 15 is 0 Å². The molecular formula is C15H20ClNO2. The molecule has 0 aromatic heterocycles. The molecular weight excluding hydrogens is 262 g/mol. The van der Waals surface area contributed by atoms with Crippen LogP contribution in [0.1, 0.15) is 49.9 Å². The monoisotopic (exact) mass is 281 g/mol. The summed E-state index contributed by atoms with van der Waals surface area (Å²) in [7, 11) is 0. The summed E-state index contributed by atoms with van der Waals surface area (Å²) in [4.78, 5) is 10.9. The maximum Gasteiger partial charge on any atom is 0.335 e. The van der Waals surface area contributed by atoms with E-state index in [9.17, 15) is 4.79 Å². The van der Waals surface area contributed by atoms with Crippen LogP contribution in [0.4, 0.5) is 5.69 Å². The van der Waals surface area contributed by atoms with Crippen molar-refractivity contribution in [1.82, 2.24) is 0 Å². The number of hydrogen-bond donors (Lipinski definition) is 2. The summed E-state index contributed by atoms with van der Waals surface area (Å²) in [6, 6.07) is 5.26. The van der Waals surface area contributed by atoms with Gasteiger partial charge in [-0.3, -0.25) is 0 Å². The first-order chi connectivity index (χ1) is 8.87. The number of nitrogens with one attached hydrogen (secondary N) is 1. The van der Waals surface area contributed by atoms with Crippen LogP contribution >= 0.6 is 11.6 Å². The molecule has 0 bridgehead atoms. The topological polar surface area (TPSA) is 49.3 Å². The molecule has 0 amide bonds. The van der Waals surface area contributed by atoms with Gasteiger partial charge in [-0.1, -0.05) is 31.9 Å². The van der Waals surface area contributed by atoms with Gasteiger partial charge in [0.1, 0.15) is 0 Å². The SMILES string of the molecule is CC1(C)CCCC(Nc2ccc(C(=O)O)cc2Cl)C1. The molecule has 0 aliphatic heterocycles. The fraction of sp³-hybridized carbons (Fsp3) is 0.533. The van der Waals surface area contributed by atoms with E-state index in [1.165, 1.54) is 18.9 Å². The van der Waals surface area contributed by atoms with Crippen molar-refractivity contribution in [3.8, 4) is 0 Å². The van der Waals surface area contributed by atoms with E-state index in [1.807, 2.05) is 0 Å². The summed E-state index contributed by atoms with van der Waals surface area (Å²) >= 11 is 6.14. The van der Waals surface area contributed by atoms with Gasteiger partial charge in [0.15, 0.2) is 0 Å². The molecule has 1 unspecified atom stereocenters. The zero-order chi connectivity index (χ0) is 14.0. The van der Waals surface area contributed by atoms with Crippen molar-refractivity contribution in [2.24, 2.45) is 5.41 Å². The highest BCUT2D eigenvalue weighted by atomic mass is 35.5. The Hall–Kier alpha value is -1.22. The molecule has 104 valence electrons. The van der Waals surface area contributed by atoms with Crippen LogP contribution in [0, 0.1) is 5.41 Å². The largest absolute Gasteiger partial charge is 0.478 e. The van der Waals surface area contributed by atoms with Gasteiger partial charge < -0.3 is 10.4 Å². The molecule has 19 heavy (non-hydrogen) atoms. The summed E-state index contributed by atoms with van der Waals surface area (Å²) in [6.45, 7) is 4.58. The Morgan fingerprint density at radius 1 is 1.47 bits per heavy atom. The lowest BCUT2D eigenvalue weighted by Crippen LogP contribution is -2.31. The van der Waals surface area contributed by atoms with Crippen LogP contribution in [-0.4, -0.2) is 17.1 Å². The maximum atomic E-state index is 10.9. The number of hydrogen-bond acceptors (Lipinski definition) is 2. The van der Waals surface area contributed by atoms with Crippen LogP contribution in [0.3, 0.4) is 0 Å². The molecule has 1 aromatic rings. The number of anilines is 1. The van der Waals surface area contributed by atoms with Crippen molar-refractivity contribution in [2.75, 3.05) is 5.32 Å². The predicted octanol–water partition coefficient (Wildman–Crippen LogP) is 4.42. The number of carboxylic acid groups (broad SMARTS) is 1. The predicted molar refractivity (Wildman–Crippen MR) is 78.1 cm³/mol. The molecule has 0 heterocycles. The molecule has 4 heteroatoms. The fourth-order valence-electron chi connectivity index (χ4n) is 2.81. The first kappa shape index (κ1) is 14.2. The van der Waals surface area contributed by atoms with E-state index in [0.717, 1.165) is 18.5 Å². The summed E-state index contributed by atoms with van der Waals surface area (Å²) in [5.74, 6) is -0.952. The zero-order valence-electron chi connectivity index (χ0n) is 11.4. The van der Waals surface area contributed by atoms with Gasteiger partial charge >= 0.3 is 5.97 Å². The Morgan fingerprint density at radius 2 is 2.21 bits per heavy atom. The number of carboxylic acids is 1. The highest BCUT2D eigenvalue weighted by Crippen LogP contribution is 2.37. The van der Waals surface area contributed by atoms with Crippen LogP contribution in [0.15, 0.2) is 18.2 Å². The Kier molecular flexibility index (Phi) is 4.04. The van der Waals surface area contributed by atoms with Crippen molar-refractivity contribution < 1.29 is 9.90 Å². The summed E-state index contributed by atoms with van der Waals surface area (Å²) in [5, 5.41) is 12.8. The molecule has 1 aliphatic carbocycles. The van der Waals surface area contributed by atoms with Gasteiger partial charge in [0.05, 0.1) is 16.3 Å². The van der Waals surface area contributed by atoms with E-state index in [-0.39, 0.29) is 5.56 Å². The molecule has 3 nitrogen and oxygen atoms in total. The van der Waals surface area contributed by atoms with Gasteiger partial charge in [0.2, 0.25) is 0 Å². The Morgan fingerprint density at radius 3 is 2.79 bits per heavy atom. The first-order valence-corrected chi connectivity index (χ1v) is 7.04. The third-order valence-corrected chi connectivity index (χ3v) is 4.09. The summed E-state index contributed by atoms with van der Waals surface area (Å²) < 4.78 is 0. The zero-order valence-corrected chi connectivity index (χ0v) is 12.1. The Labute approximate surface area is 119 Å². The van der Waals surface area contributed by atoms with E-state index < -0.39 is 5.97 Å². The van der Waals surface area contributed by atoms with Crippen LogP contribution in [0.2, 0.25) is 5.02 Å². The van der Waals surface area contributed by atoms with E-state index in [2.05, 4.69) is 19.2 Å². The molecule has 1 fully saturated rings. The van der Waals surface area contributed by atoms with Crippen molar-refractivity contribution in [3.63, 3.8) is 0 Å². The maximum absolute atomic E-state index is 10.9. The third-order valence-electron chi connectivity index (χ3n) is 3.78. The molecule has 1 atom stereocenters. The average Bonchev–Trinajstić information content (AvgIpc) is 2.30. The standard InChI is InChI=1S/C15H20ClNO2/c1-15(2)7-3-4-11(9-15)17-13-6-5-10(14(18)19)8-12(13)16/h5-6,8,11,17H,3-4,7,9H2,1-2H3,(H,18,19). The van der Waals surface area contributed by atoms with Gasteiger partial charge in [-0.25, -0.2) is 4.79 Å². The van der Waals surface area contributed by atoms with Crippen LogP contribution < -0.4 is 5.32 Å². The highest BCUT2D eigenvalue weighted by molar-refractivity contribution is 6.33. The Bertz CT molecular complexity index is 485. The highest BCUT2D eigenvalue weighted by Gasteiger charge is 2.28. The van der Waals surface area contributed by atoms with Gasteiger partial charge in [0.25, 0.3) is 0 Å². The van der Waals surface area contributed by atoms with Crippen LogP contribution in [0.5, 0.6) is 0 Å². The summed E-state index contributed by atoms with van der Waals surface area (Å²) in [5.41, 5.74) is 1.41. The first-order valence-electron chi connectivity index (χ1n) is 6.67. The van der Waals surface area contributed by atoms with Gasteiger partial charge in [0, 0.05) is 6.04 Å². The molecule has 2 N–H and O–H groups in total. The minimum atomic E-state index is -0.952. The number of rotatable bonds is 3. The van der Waals surface area contributed by atoms with Gasteiger partial charge in [-0.15, -0.1) is 0 Å². The second-order valence-corrected chi connectivity index (χ2v) is 6.51. The fourth-order valence-corrected chi connectivity index (χ4v) is 3.04. The molecule has 1 aliphatic rings. The minimum Gasteiger partial charge on any atom is -0.478 e. The number of carbonyl (C=O) groups is 1. The lowest BCUT2D eigenvalue weighted by atomic mass is 9.75. The minimum absolute atomic E-state index is 0.222. The summed E-state index contributed by atoms with van der Waals surface area (Å²) in [6.07, 6.45) is 4.73. The second kappa shape index (κ2) is 5.41. The van der Waals surface area contributed by atoms with Gasteiger partial charge in [-0.2, -0.15) is 0 Å². The molecule has 1 saturated carbocycles. The normalized spacial score (nSPS) is 21.9. The van der Waals surface area contributed by atoms with Crippen molar-refractivity contribution in [2.45, 2.75) is 45.6 Å². The molecule has 0 spiro atoms. The van der Waals surface area contributed by atoms with E-state index in [0.29, 0.717) is 16.5 Å². The van der Waals surface area contributed by atoms with Crippen molar-refractivity contribution >= 4 is 23.3 Å². The Balaban J connectivity index is 2.09. The molecule has 1 aromatic carbocycles. The quantitative estimate of drug-likeness (QED) is 0.862. The number of benzene rings is 1. The smallest absolute Gasteiger partial charge is 0.335 e. The molecule has 0 radical (unpaired) electrons. The van der Waals surface area contributed by atoms with Crippen molar-refractivity contribution in [1.29, 1.82) is 0 Å². The van der Waals surface area contributed by atoms with Crippen LogP contribution in [-0.2, 0) is 0 Å². The number of aromatic carboxylic acids is 1. The third kappa shape index (κ3) is 3.63. The lowest BCUT2D eigenvalue weighted by molar-refractivity contribution is 0.0697. The number of halogens is 1. The lowest BCUT2D eigenvalue weighted by Gasteiger charge is -2.36. The van der Waals surface area contributed by atoms with E-state index in [4.69, 9.17) is 16.7 Å². The van der Waals surface area contributed by atoms with Gasteiger partial charge in [-0.05, 0) is 42.9 Å². The second-order valence-electron chi connectivity index (χ2n) is 6.10.